The predicted molar refractivity (Wildman–Crippen MR) is 97.4 cm³/mol. The first-order valence-corrected chi connectivity index (χ1v) is 8.47. The number of pyridine rings is 1. The molecule has 0 amide bonds. The second-order valence-electron chi connectivity index (χ2n) is 5.65. The van der Waals surface area contributed by atoms with Crippen LogP contribution < -0.4 is 14.2 Å². The van der Waals surface area contributed by atoms with Crippen molar-refractivity contribution in [2.45, 2.75) is 19.4 Å². The smallest absolute Gasteiger partial charge is 0.213 e. The van der Waals surface area contributed by atoms with Gasteiger partial charge < -0.3 is 14.2 Å². The second kappa shape index (κ2) is 8.85. The summed E-state index contributed by atoms with van der Waals surface area (Å²) in [6.07, 6.45) is 2.42. The maximum atomic E-state index is 12.9. The fourth-order valence-electron chi connectivity index (χ4n) is 2.25. The van der Waals surface area contributed by atoms with E-state index >= 15 is 0 Å². The Labute approximate surface area is 152 Å². The zero-order valence-corrected chi connectivity index (χ0v) is 14.5. The number of hydrogen-bond donors (Lipinski definition) is 0. The van der Waals surface area contributed by atoms with Gasteiger partial charge in [0, 0.05) is 12.3 Å². The molecule has 2 aromatic carbocycles. The van der Waals surface area contributed by atoms with Gasteiger partial charge in [0.05, 0.1) is 0 Å². The minimum absolute atomic E-state index is 0.0833. The molecular weight excluding hydrogens is 333 g/mol. The fraction of sp³-hybridized carbons (Fsp3) is 0.190. The fourth-order valence-corrected chi connectivity index (χ4v) is 2.25. The van der Waals surface area contributed by atoms with Crippen LogP contribution >= 0.6 is 0 Å². The molecule has 1 aromatic heterocycles. The van der Waals surface area contributed by atoms with E-state index in [0.29, 0.717) is 24.0 Å². The maximum Gasteiger partial charge on any atom is 0.213 e. The third-order valence-electron chi connectivity index (χ3n) is 3.69. The van der Waals surface area contributed by atoms with Crippen molar-refractivity contribution >= 4 is 0 Å². The Balaban J connectivity index is 1.52. The Hall–Kier alpha value is -3.08. The molecule has 0 aliphatic heterocycles. The lowest BCUT2D eigenvalue weighted by molar-refractivity contribution is 0.120. The standard InChI is InChI=1S/C21H20FNO3/c1-2-17(26-21-5-3-4-14-23-21)15-24-18-10-12-20(13-11-18)25-19-8-6-16(22)7-9-19/h3-14,17H,2,15H2,1H3. The van der Waals surface area contributed by atoms with Gasteiger partial charge in [-0.05, 0) is 61.0 Å². The molecule has 0 aliphatic rings. The molecule has 0 fully saturated rings. The van der Waals surface area contributed by atoms with E-state index in [2.05, 4.69) is 4.98 Å². The predicted octanol–water partition coefficient (Wildman–Crippen LogP) is 5.25. The number of halogens is 1. The van der Waals surface area contributed by atoms with Gasteiger partial charge >= 0.3 is 0 Å². The molecule has 1 heterocycles. The Morgan fingerprint density at radius 2 is 1.54 bits per heavy atom. The maximum absolute atomic E-state index is 12.9. The van der Waals surface area contributed by atoms with Gasteiger partial charge in [0.2, 0.25) is 5.88 Å². The Kier molecular flexibility index (Phi) is 6.04. The number of aromatic nitrogens is 1. The van der Waals surface area contributed by atoms with Gasteiger partial charge in [-0.25, -0.2) is 9.37 Å². The minimum Gasteiger partial charge on any atom is -0.490 e. The molecule has 26 heavy (non-hydrogen) atoms. The zero-order valence-electron chi connectivity index (χ0n) is 14.5. The van der Waals surface area contributed by atoms with Gasteiger partial charge in [-0.15, -0.1) is 0 Å². The molecule has 4 nitrogen and oxygen atoms in total. The van der Waals surface area contributed by atoms with E-state index in [9.17, 15) is 4.39 Å². The SMILES string of the molecule is CCC(COc1ccc(Oc2ccc(F)cc2)cc1)Oc1ccccn1. The number of ether oxygens (including phenoxy) is 3. The van der Waals surface area contributed by atoms with Crippen molar-refractivity contribution in [3.63, 3.8) is 0 Å². The summed E-state index contributed by atoms with van der Waals surface area (Å²) < 4.78 is 30.2. The van der Waals surface area contributed by atoms with Gasteiger partial charge in [-0.2, -0.15) is 0 Å². The third-order valence-corrected chi connectivity index (χ3v) is 3.69. The van der Waals surface area contributed by atoms with Crippen LogP contribution in [0.2, 0.25) is 0 Å². The van der Waals surface area contributed by atoms with Crippen LogP contribution in [0.5, 0.6) is 23.1 Å². The molecule has 0 saturated heterocycles. The molecule has 3 aromatic rings. The lowest BCUT2D eigenvalue weighted by Gasteiger charge is -2.17. The van der Waals surface area contributed by atoms with Crippen LogP contribution in [0.1, 0.15) is 13.3 Å². The summed E-state index contributed by atoms with van der Waals surface area (Å²) in [6.45, 7) is 2.46. The summed E-state index contributed by atoms with van der Waals surface area (Å²) in [5.74, 6) is 2.25. The first-order chi connectivity index (χ1) is 12.7. The molecular formula is C21H20FNO3. The van der Waals surface area contributed by atoms with Crippen molar-refractivity contribution in [1.29, 1.82) is 0 Å². The van der Waals surface area contributed by atoms with Crippen molar-refractivity contribution < 1.29 is 18.6 Å². The molecule has 134 valence electrons. The van der Waals surface area contributed by atoms with Crippen LogP contribution in [0.3, 0.4) is 0 Å². The number of hydrogen-bond acceptors (Lipinski definition) is 4. The highest BCUT2D eigenvalue weighted by Crippen LogP contribution is 2.24. The number of rotatable bonds is 8. The van der Waals surface area contributed by atoms with Crippen molar-refractivity contribution in [1.82, 2.24) is 4.98 Å². The van der Waals surface area contributed by atoms with Crippen LogP contribution in [0.25, 0.3) is 0 Å². The lowest BCUT2D eigenvalue weighted by atomic mass is 10.3. The highest BCUT2D eigenvalue weighted by Gasteiger charge is 2.10. The topological polar surface area (TPSA) is 40.6 Å². The van der Waals surface area contributed by atoms with E-state index in [0.717, 1.165) is 12.2 Å². The first kappa shape index (κ1) is 17.7. The molecule has 0 saturated carbocycles. The van der Waals surface area contributed by atoms with Crippen molar-refractivity contribution in [3.8, 4) is 23.1 Å². The summed E-state index contributed by atoms with van der Waals surface area (Å²) in [4.78, 5) is 4.16. The molecule has 1 atom stereocenters. The highest BCUT2D eigenvalue weighted by atomic mass is 19.1. The summed E-state index contributed by atoms with van der Waals surface area (Å²) in [7, 11) is 0. The second-order valence-corrected chi connectivity index (χ2v) is 5.65. The van der Waals surface area contributed by atoms with E-state index in [1.165, 1.54) is 12.1 Å². The molecule has 0 N–H and O–H groups in total. The number of benzene rings is 2. The van der Waals surface area contributed by atoms with Crippen molar-refractivity contribution in [2.75, 3.05) is 6.61 Å². The average molecular weight is 353 g/mol. The van der Waals surface area contributed by atoms with Crippen LogP contribution in [-0.4, -0.2) is 17.7 Å². The van der Waals surface area contributed by atoms with Crippen molar-refractivity contribution in [3.05, 3.63) is 78.7 Å². The van der Waals surface area contributed by atoms with Crippen LogP contribution in [0.15, 0.2) is 72.9 Å². The van der Waals surface area contributed by atoms with E-state index in [-0.39, 0.29) is 11.9 Å². The summed E-state index contributed by atoms with van der Waals surface area (Å²) in [5, 5.41) is 0. The molecule has 3 rings (SSSR count). The zero-order chi connectivity index (χ0) is 18.2. The van der Waals surface area contributed by atoms with Gasteiger partial charge in [0.1, 0.15) is 35.8 Å². The van der Waals surface area contributed by atoms with Crippen molar-refractivity contribution in [2.24, 2.45) is 0 Å². The summed E-state index contributed by atoms with van der Waals surface area (Å²) in [6, 6.07) is 18.7. The quantitative estimate of drug-likeness (QED) is 0.555. The van der Waals surface area contributed by atoms with E-state index in [4.69, 9.17) is 14.2 Å². The van der Waals surface area contributed by atoms with Crippen LogP contribution in [0.4, 0.5) is 4.39 Å². The molecule has 0 spiro atoms. The van der Waals surface area contributed by atoms with Crippen LogP contribution in [-0.2, 0) is 0 Å². The third kappa shape index (κ3) is 5.21. The molecule has 5 heteroatoms. The molecule has 0 bridgehead atoms. The first-order valence-electron chi connectivity index (χ1n) is 8.47. The largest absolute Gasteiger partial charge is 0.490 e. The molecule has 0 radical (unpaired) electrons. The summed E-state index contributed by atoms with van der Waals surface area (Å²) >= 11 is 0. The van der Waals surface area contributed by atoms with E-state index < -0.39 is 0 Å². The molecule has 0 aliphatic carbocycles. The van der Waals surface area contributed by atoms with Gasteiger partial charge in [0.25, 0.3) is 0 Å². The van der Waals surface area contributed by atoms with E-state index in [1.807, 2.05) is 37.3 Å². The average Bonchev–Trinajstić information content (AvgIpc) is 2.69. The molecule has 1 unspecified atom stereocenters. The van der Waals surface area contributed by atoms with Crippen LogP contribution in [0, 0.1) is 5.82 Å². The van der Waals surface area contributed by atoms with Gasteiger partial charge in [0.15, 0.2) is 0 Å². The normalized spacial score (nSPS) is 11.6. The number of nitrogens with zero attached hydrogens (tertiary/aromatic N) is 1. The highest BCUT2D eigenvalue weighted by molar-refractivity contribution is 5.35. The van der Waals surface area contributed by atoms with E-state index in [1.54, 1.807) is 30.5 Å². The minimum atomic E-state index is -0.292. The lowest BCUT2D eigenvalue weighted by Crippen LogP contribution is -2.24. The Morgan fingerprint density at radius 1 is 0.885 bits per heavy atom. The van der Waals surface area contributed by atoms with Gasteiger partial charge in [-0.3, -0.25) is 0 Å². The monoisotopic (exact) mass is 353 g/mol. The Bertz CT molecular complexity index is 792. The summed E-state index contributed by atoms with van der Waals surface area (Å²) in [5.41, 5.74) is 0. The Morgan fingerprint density at radius 3 is 2.15 bits per heavy atom. The van der Waals surface area contributed by atoms with Gasteiger partial charge in [-0.1, -0.05) is 13.0 Å².